The molecule has 0 amide bonds. The standard InChI is InChI=1S/C12H17NO2.3CO.Cr/c1-3-14-12-9-11(13(2)15-12)10-7-5-4-6-8-10;3*1-2;/h4-8,11-12H,3,9H2,1-2H3;;;;/t11-,12-;;;;/m0..../s1. The van der Waals surface area contributed by atoms with E-state index in [1.807, 2.05) is 25.1 Å². The number of hydroxylamine groups is 2. The van der Waals surface area contributed by atoms with E-state index in [0.29, 0.717) is 12.6 Å². The van der Waals surface area contributed by atoms with Crippen molar-refractivity contribution in [1.29, 1.82) is 0 Å². The van der Waals surface area contributed by atoms with E-state index in [1.165, 1.54) is 5.56 Å². The predicted octanol–water partition coefficient (Wildman–Crippen LogP) is 2.24. The number of rotatable bonds is 3. The zero-order valence-electron chi connectivity index (χ0n) is 12.4. The quantitative estimate of drug-likeness (QED) is 0.623. The Morgan fingerprint density at radius 1 is 1.14 bits per heavy atom. The van der Waals surface area contributed by atoms with Crippen molar-refractivity contribution >= 4 is 0 Å². The van der Waals surface area contributed by atoms with E-state index in [9.17, 15) is 0 Å². The molecule has 1 aromatic rings. The van der Waals surface area contributed by atoms with Gasteiger partial charge in [-0.1, -0.05) is 30.3 Å². The van der Waals surface area contributed by atoms with Gasteiger partial charge < -0.3 is 4.74 Å². The summed E-state index contributed by atoms with van der Waals surface area (Å²) in [6, 6.07) is 10.7. The molecule has 0 unspecified atom stereocenters. The van der Waals surface area contributed by atoms with Gasteiger partial charge in [0.15, 0.2) is 6.29 Å². The van der Waals surface area contributed by atoms with Crippen LogP contribution in [0.5, 0.6) is 0 Å². The van der Waals surface area contributed by atoms with E-state index in [4.69, 9.17) is 23.5 Å². The fourth-order valence-corrected chi connectivity index (χ4v) is 1.94. The summed E-state index contributed by atoms with van der Waals surface area (Å²) in [5.74, 6) is 0. The van der Waals surface area contributed by atoms with Gasteiger partial charge in [-0.15, -0.1) is 0 Å². The van der Waals surface area contributed by atoms with Crippen LogP contribution in [-0.2, 0) is 40.9 Å². The zero-order chi connectivity index (χ0) is 16.7. The number of hydrogen-bond acceptors (Lipinski definition) is 3. The van der Waals surface area contributed by atoms with E-state index in [-0.39, 0.29) is 23.7 Å². The molecule has 0 radical (unpaired) electrons. The number of ether oxygens (including phenoxy) is 1. The van der Waals surface area contributed by atoms with Crippen molar-refractivity contribution in [3.8, 4) is 0 Å². The van der Waals surface area contributed by atoms with Gasteiger partial charge in [0.05, 0.1) is 6.04 Å². The Morgan fingerprint density at radius 3 is 2.09 bits per heavy atom. The second-order valence-corrected chi connectivity index (χ2v) is 3.70. The van der Waals surface area contributed by atoms with Gasteiger partial charge in [-0.3, -0.25) is 4.84 Å². The third kappa shape index (κ3) is 8.99. The van der Waals surface area contributed by atoms with Gasteiger partial charge in [0.1, 0.15) is 0 Å². The summed E-state index contributed by atoms with van der Waals surface area (Å²) in [7, 11) is 1.96. The molecule has 1 aromatic carbocycles. The maximum atomic E-state index is 7.50. The third-order valence-electron chi connectivity index (χ3n) is 2.68. The molecule has 0 N–H and O–H groups in total. The Bertz CT molecular complexity index is 407. The topological polar surface area (TPSA) is 81.4 Å². The normalized spacial score (nSPS) is 18.7. The average molecular weight is 343 g/mol. The van der Waals surface area contributed by atoms with Gasteiger partial charge in [0.25, 0.3) is 0 Å². The Kier molecular flexibility index (Phi) is 21.0. The summed E-state index contributed by atoms with van der Waals surface area (Å²) in [4.78, 5) is 5.58. The van der Waals surface area contributed by atoms with E-state index in [1.54, 1.807) is 0 Å². The molecule has 2 atom stereocenters. The molecule has 0 spiro atoms. The average Bonchev–Trinajstić information content (AvgIpc) is 2.95. The van der Waals surface area contributed by atoms with E-state index >= 15 is 0 Å². The van der Waals surface area contributed by atoms with Crippen molar-refractivity contribution in [2.75, 3.05) is 13.7 Å². The fourth-order valence-electron chi connectivity index (χ4n) is 1.94. The van der Waals surface area contributed by atoms with Gasteiger partial charge in [0.2, 0.25) is 0 Å². The third-order valence-corrected chi connectivity index (χ3v) is 2.68. The Balaban J connectivity index is -0.000000463. The molecule has 0 aliphatic carbocycles. The number of nitrogens with zero attached hydrogens (tertiary/aromatic N) is 1. The first kappa shape index (κ1) is 25.8. The molecular weight excluding hydrogens is 326 g/mol. The SMILES string of the molecule is CCO[C@@H]1C[C@@H](c2ccccc2)N(C)O1.[C-]#[O+].[C-]#[O+].[C-]#[O+].[Cr]. The van der Waals surface area contributed by atoms with E-state index < -0.39 is 0 Å². The van der Waals surface area contributed by atoms with Crippen molar-refractivity contribution in [3.63, 3.8) is 0 Å². The summed E-state index contributed by atoms with van der Waals surface area (Å²) >= 11 is 0. The second-order valence-electron chi connectivity index (χ2n) is 3.70. The first-order valence-corrected chi connectivity index (χ1v) is 5.98. The van der Waals surface area contributed by atoms with Crippen LogP contribution in [0.25, 0.3) is 0 Å². The molecule has 6 nitrogen and oxygen atoms in total. The molecule has 0 saturated carbocycles. The minimum atomic E-state index is -0.0924. The minimum Gasteiger partial charge on any atom is 0 e. The zero-order valence-corrected chi connectivity index (χ0v) is 13.6. The molecule has 0 aromatic heterocycles. The molecular formula is C15H17CrNO5. The Morgan fingerprint density at radius 2 is 1.64 bits per heavy atom. The van der Waals surface area contributed by atoms with Crippen LogP contribution < -0.4 is 0 Å². The molecule has 7 heteroatoms. The minimum absolute atomic E-state index is 0. The van der Waals surface area contributed by atoms with Gasteiger partial charge in [-0.05, 0) is 12.5 Å². The maximum Gasteiger partial charge on any atom is 0 e. The molecule has 1 aliphatic rings. The molecule has 0 bridgehead atoms. The Labute approximate surface area is 141 Å². The molecule has 1 aliphatic heterocycles. The molecule has 1 heterocycles. The molecule has 118 valence electrons. The predicted molar refractivity (Wildman–Crippen MR) is 69.9 cm³/mol. The van der Waals surface area contributed by atoms with Gasteiger partial charge in [-0.25, -0.2) is 0 Å². The van der Waals surface area contributed by atoms with Crippen LogP contribution in [0.2, 0.25) is 0 Å². The molecule has 22 heavy (non-hydrogen) atoms. The van der Waals surface area contributed by atoms with Crippen molar-refractivity contribution in [2.24, 2.45) is 0 Å². The molecule has 2 rings (SSSR count). The first-order valence-electron chi connectivity index (χ1n) is 5.98. The summed E-state index contributed by atoms with van der Waals surface area (Å²) < 4.78 is 28.0. The maximum absolute atomic E-state index is 7.50. The molecule has 1 fully saturated rings. The van der Waals surface area contributed by atoms with Crippen LogP contribution in [0.15, 0.2) is 30.3 Å². The monoisotopic (exact) mass is 343 g/mol. The summed E-state index contributed by atoms with van der Waals surface area (Å²) in [6.45, 7) is 16.2. The number of benzene rings is 1. The van der Waals surface area contributed by atoms with Crippen LogP contribution in [-0.4, -0.2) is 25.0 Å². The van der Waals surface area contributed by atoms with Crippen LogP contribution in [0.1, 0.15) is 24.9 Å². The van der Waals surface area contributed by atoms with Crippen LogP contribution in [0, 0.1) is 20.0 Å². The van der Waals surface area contributed by atoms with Crippen LogP contribution in [0.3, 0.4) is 0 Å². The Hall–Kier alpha value is -1.15. The summed E-state index contributed by atoms with van der Waals surface area (Å²) in [5, 5.41) is 1.88. The van der Waals surface area contributed by atoms with E-state index in [0.717, 1.165) is 6.42 Å². The van der Waals surface area contributed by atoms with Crippen molar-refractivity contribution < 1.29 is 40.9 Å². The van der Waals surface area contributed by atoms with Crippen molar-refractivity contribution in [3.05, 3.63) is 55.8 Å². The van der Waals surface area contributed by atoms with Gasteiger partial charge in [0, 0.05) is 37.4 Å². The van der Waals surface area contributed by atoms with Crippen LogP contribution >= 0.6 is 0 Å². The first-order chi connectivity index (χ1) is 10.3. The summed E-state index contributed by atoms with van der Waals surface area (Å²) in [6.07, 6.45) is 0.805. The van der Waals surface area contributed by atoms with Gasteiger partial charge in [-0.2, -0.15) is 5.06 Å². The largest absolute Gasteiger partial charge is 0 e. The van der Waals surface area contributed by atoms with Crippen LogP contribution in [0.4, 0.5) is 0 Å². The fraction of sp³-hybridized carbons (Fsp3) is 0.400. The van der Waals surface area contributed by atoms with Gasteiger partial charge >= 0.3 is 33.9 Å². The smallest absolute Gasteiger partial charge is 0 e. The van der Waals surface area contributed by atoms with E-state index in [2.05, 4.69) is 44.2 Å². The second kappa shape index (κ2) is 17.9. The van der Waals surface area contributed by atoms with Crippen molar-refractivity contribution in [1.82, 2.24) is 5.06 Å². The summed E-state index contributed by atoms with van der Waals surface area (Å²) in [5.41, 5.74) is 1.28. The van der Waals surface area contributed by atoms with Crippen molar-refractivity contribution in [2.45, 2.75) is 25.7 Å². The number of hydrogen-bond donors (Lipinski definition) is 0. The molecule has 1 saturated heterocycles.